The summed E-state index contributed by atoms with van der Waals surface area (Å²) >= 11 is 0. The fourth-order valence-electron chi connectivity index (χ4n) is 3.46. The second-order valence-electron chi connectivity index (χ2n) is 7.16. The number of aromatic nitrogens is 3. The first-order valence-electron chi connectivity index (χ1n) is 7.85. The van der Waals surface area contributed by atoms with Gasteiger partial charge in [0.15, 0.2) is 0 Å². The Bertz CT molecular complexity index is 918. The number of aromatic amines is 2. The Morgan fingerprint density at radius 3 is 2.91 bits per heavy atom. The van der Waals surface area contributed by atoms with E-state index in [1.54, 1.807) is 12.1 Å². The van der Waals surface area contributed by atoms with E-state index in [0.717, 1.165) is 41.6 Å². The van der Waals surface area contributed by atoms with Crippen molar-refractivity contribution in [3.63, 3.8) is 0 Å². The van der Waals surface area contributed by atoms with Crippen LogP contribution in [-0.4, -0.2) is 26.3 Å². The van der Waals surface area contributed by atoms with Gasteiger partial charge in [-0.3, -0.25) is 5.10 Å². The van der Waals surface area contributed by atoms with Crippen molar-refractivity contribution < 1.29 is 9.90 Å². The molecule has 3 N–H and O–H groups in total. The van der Waals surface area contributed by atoms with Gasteiger partial charge in [0.05, 0.1) is 11.3 Å². The summed E-state index contributed by atoms with van der Waals surface area (Å²) in [5.74, 6) is -0.908. The van der Waals surface area contributed by atoms with Crippen LogP contribution in [0.1, 0.15) is 41.9 Å². The molecular weight excluding hydrogens is 290 g/mol. The Balaban J connectivity index is 1.78. The maximum absolute atomic E-state index is 11.1. The third-order valence-electron chi connectivity index (χ3n) is 4.78. The van der Waals surface area contributed by atoms with Crippen LogP contribution in [0.25, 0.3) is 22.3 Å². The number of fused-ring (bicyclic) bond motifs is 2. The summed E-state index contributed by atoms with van der Waals surface area (Å²) in [6.07, 6.45) is 3.18. The topological polar surface area (TPSA) is 81.8 Å². The van der Waals surface area contributed by atoms with E-state index in [-0.39, 0.29) is 0 Å². The number of nitrogens with zero attached hydrogens (tertiary/aromatic N) is 1. The second-order valence-corrected chi connectivity index (χ2v) is 7.16. The lowest BCUT2D eigenvalue weighted by Gasteiger charge is -2.28. The Hall–Kier alpha value is -2.56. The van der Waals surface area contributed by atoms with Crippen molar-refractivity contribution in [2.45, 2.75) is 33.1 Å². The smallest absolute Gasteiger partial charge is 0.335 e. The van der Waals surface area contributed by atoms with E-state index < -0.39 is 5.97 Å². The normalized spacial score (nSPS) is 16.4. The highest BCUT2D eigenvalue weighted by Gasteiger charge is 2.29. The molecule has 0 aliphatic heterocycles. The van der Waals surface area contributed by atoms with Gasteiger partial charge in [-0.1, -0.05) is 13.8 Å². The van der Waals surface area contributed by atoms with E-state index in [4.69, 9.17) is 5.11 Å². The minimum Gasteiger partial charge on any atom is -0.478 e. The number of aromatic carboxylic acids is 1. The van der Waals surface area contributed by atoms with Gasteiger partial charge in [-0.05, 0) is 48.9 Å². The largest absolute Gasteiger partial charge is 0.478 e. The van der Waals surface area contributed by atoms with Gasteiger partial charge in [-0.25, -0.2) is 4.79 Å². The highest BCUT2D eigenvalue weighted by molar-refractivity contribution is 5.95. The van der Waals surface area contributed by atoms with Crippen LogP contribution in [0, 0.1) is 5.41 Å². The van der Waals surface area contributed by atoms with Crippen molar-refractivity contribution >= 4 is 16.9 Å². The highest BCUT2D eigenvalue weighted by atomic mass is 16.4. The SMILES string of the molecule is CC1(C)CCc2c(-c3cc4cc(C(=O)O)ccc4[nH]3)n[nH]c2C1. The van der Waals surface area contributed by atoms with Crippen molar-refractivity contribution in [2.24, 2.45) is 5.41 Å². The molecule has 5 nitrogen and oxygen atoms in total. The van der Waals surface area contributed by atoms with E-state index in [9.17, 15) is 4.79 Å². The predicted molar refractivity (Wildman–Crippen MR) is 88.6 cm³/mol. The molecule has 5 heteroatoms. The van der Waals surface area contributed by atoms with Gasteiger partial charge in [0.25, 0.3) is 0 Å². The number of H-pyrrole nitrogens is 2. The van der Waals surface area contributed by atoms with Gasteiger partial charge in [0.2, 0.25) is 0 Å². The van der Waals surface area contributed by atoms with E-state index in [1.165, 1.54) is 11.3 Å². The summed E-state index contributed by atoms with van der Waals surface area (Å²) in [6.45, 7) is 4.57. The van der Waals surface area contributed by atoms with Crippen molar-refractivity contribution in [3.05, 3.63) is 41.1 Å². The third-order valence-corrected chi connectivity index (χ3v) is 4.78. The lowest BCUT2D eigenvalue weighted by atomic mass is 9.76. The maximum Gasteiger partial charge on any atom is 0.335 e. The molecule has 2 heterocycles. The molecule has 23 heavy (non-hydrogen) atoms. The van der Waals surface area contributed by atoms with Crippen LogP contribution in [0.5, 0.6) is 0 Å². The number of carboxylic acid groups (broad SMARTS) is 1. The fourth-order valence-corrected chi connectivity index (χ4v) is 3.46. The number of benzene rings is 1. The van der Waals surface area contributed by atoms with E-state index in [2.05, 4.69) is 29.0 Å². The zero-order chi connectivity index (χ0) is 16.2. The summed E-state index contributed by atoms with van der Waals surface area (Å²) in [5.41, 5.74) is 5.96. The summed E-state index contributed by atoms with van der Waals surface area (Å²) < 4.78 is 0. The Labute approximate surface area is 133 Å². The molecule has 0 saturated carbocycles. The molecule has 0 bridgehead atoms. The second kappa shape index (κ2) is 4.72. The number of carbonyl (C=O) groups is 1. The molecule has 1 aliphatic carbocycles. The van der Waals surface area contributed by atoms with Gasteiger partial charge < -0.3 is 10.1 Å². The van der Waals surface area contributed by atoms with Crippen LogP contribution < -0.4 is 0 Å². The van der Waals surface area contributed by atoms with Crippen LogP contribution in [0.3, 0.4) is 0 Å². The number of rotatable bonds is 2. The van der Waals surface area contributed by atoms with Crippen LogP contribution >= 0.6 is 0 Å². The lowest BCUT2D eigenvalue weighted by molar-refractivity contribution is 0.0697. The van der Waals surface area contributed by atoms with Gasteiger partial charge in [-0.2, -0.15) is 5.10 Å². The average molecular weight is 309 g/mol. The zero-order valence-electron chi connectivity index (χ0n) is 13.2. The van der Waals surface area contributed by atoms with E-state index in [1.807, 2.05) is 12.1 Å². The third kappa shape index (κ3) is 2.32. The molecule has 1 aromatic carbocycles. The van der Waals surface area contributed by atoms with Crippen LogP contribution in [0.15, 0.2) is 24.3 Å². The average Bonchev–Trinajstić information content (AvgIpc) is 3.07. The minimum atomic E-state index is -0.908. The summed E-state index contributed by atoms with van der Waals surface area (Å²) in [4.78, 5) is 14.5. The minimum absolute atomic E-state index is 0.300. The number of nitrogens with one attached hydrogen (secondary N) is 2. The molecule has 4 rings (SSSR count). The molecule has 0 atom stereocenters. The number of hydrogen-bond donors (Lipinski definition) is 3. The van der Waals surface area contributed by atoms with Crippen LogP contribution in [0.2, 0.25) is 0 Å². The molecule has 3 aromatic rings. The monoisotopic (exact) mass is 309 g/mol. The maximum atomic E-state index is 11.1. The summed E-state index contributed by atoms with van der Waals surface area (Å²) in [7, 11) is 0. The van der Waals surface area contributed by atoms with Crippen LogP contribution in [0.4, 0.5) is 0 Å². The molecule has 0 fully saturated rings. The van der Waals surface area contributed by atoms with E-state index >= 15 is 0 Å². The predicted octanol–water partition coefficient (Wildman–Crippen LogP) is 3.77. The number of carboxylic acids is 1. The first-order chi connectivity index (χ1) is 10.9. The molecule has 118 valence electrons. The van der Waals surface area contributed by atoms with Gasteiger partial charge in [-0.15, -0.1) is 0 Å². The first-order valence-corrected chi connectivity index (χ1v) is 7.85. The van der Waals surface area contributed by atoms with Crippen molar-refractivity contribution in [3.8, 4) is 11.4 Å². The Kier molecular flexibility index (Phi) is 2.88. The quantitative estimate of drug-likeness (QED) is 0.674. The van der Waals surface area contributed by atoms with Crippen LogP contribution in [-0.2, 0) is 12.8 Å². The molecular formula is C18H19N3O2. The molecule has 0 spiro atoms. The molecule has 2 aromatic heterocycles. The van der Waals surface area contributed by atoms with Gasteiger partial charge in [0, 0.05) is 22.2 Å². The van der Waals surface area contributed by atoms with E-state index in [0.29, 0.717) is 11.0 Å². The standard InChI is InChI=1S/C18H19N3O2/c1-18(2)6-5-12-15(9-18)20-21-16(12)14-8-11-7-10(17(22)23)3-4-13(11)19-14/h3-4,7-8,19H,5-6,9H2,1-2H3,(H,20,21)(H,22,23). The zero-order valence-corrected chi connectivity index (χ0v) is 13.2. The number of hydrogen-bond acceptors (Lipinski definition) is 2. The van der Waals surface area contributed by atoms with Gasteiger partial charge in [0.1, 0.15) is 5.69 Å². The van der Waals surface area contributed by atoms with Crippen molar-refractivity contribution in [2.75, 3.05) is 0 Å². The Morgan fingerprint density at radius 1 is 1.30 bits per heavy atom. The molecule has 0 unspecified atom stereocenters. The van der Waals surface area contributed by atoms with Crippen molar-refractivity contribution in [1.29, 1.82) is 0 Å². The summed E-state index contributed by atoms with van der Waals surface area (Å²) in [5, 5.41) is 17.7. The molecule has 1 aliphatic rings. The first kappa shape index (κ1) is 14.1. The summed E-state index contributed by atoms with van der Waals surface area (Å²) in [6, 6.07) is 7.11. The molecule has 0 saturated heterocycles. The van der Waals surface area contributed by atoms with Crippen molar-refractivity contribution in [1.82, 2.24) is 15.2 Å². The fraction of sp³-hybridized carbons (Fsp3) is 0.333. The Morgan fingerprint density at radius 2 is 2.13 bits per heavy atom. The van der Waals surface area contributed by atoms with Gasteiger partial charge >= 0.3 is 5.97 Å². The molecule has 0 amide bonds. The highest BCUT2D eigenvalue weighted by Crippen LogP contribution is 2.38. The lowest BCUT2D eigenvalue weighted by Crippen LogP contribution is -2.21. The molecule has 0 radical (unpaired) electrons.